The summed E-state index contributed by atoms with van der Waals surface area (Å²) in [7, 11) is 0. The Morgan fingerprint density at radius 2 is 2.13 bits per heavy atom. The van der Waals surface area contributed by atoms with Crippen LogP contribution in [0.5, 0.6) is 0 Å². The maximum absolute atomic E-state index is 10.6. The Hall–Kier alpha value is -2.34. The van der Waals surface area contributed by atoms with E-state index in [4.69, 9.17) is 4.42 Å². The predicted molar refractivity (Wildman–Crippen MR) is 90.1 cm³/mol. The van der Waals surface area contributed by atoms with Crippen molar-refractivity contribution in [3.05, 3.63) is 53.7 Å². The van der Waals surface area contributed by atoms with E-state index in [1.807, 2.05) is 38.1 Å². The van der Waals surface area contributed by atoms with Crippen LogP contribution in [0.15, 0.2) is 45.9 Å². The lowest BCUT2D eigenvalue weighted by Gasteiger charge is -2.22. The minimum Gasteiger partial charge on any atom is -0.463 e. The third-order valence-corrected chi connectivity index (χ3v) is 3.34. The van der Waals surface area contributed by atoms with Crippen LogP contribution in [0.1, 0.15) is 31.1 Å². The molecule has 0 aliphatic rings. The molecule has 0 aromatic carbocycles. The van der Waals surface area contributed by atoms with Gasteiger partial charge in [-0.1, -0.05) is 6.07 Å². The topological polar surface area (TPSA) is 82.7 Å². The largest absolute Gasteiger partial charge is 0.463 e. The molecule has 0 amide bonds. The van der Waals surface area contributed by atoms with Gasteiger partial charge in [-0.15, -0.1) is 0 Å². The number of pyridine rings is 1. The Labute approximate surface area is 136 Å². The van der Waals surface area contributed by atoms with Gasteiger partial charge in [-0.2, -0.15) is 0 Å². The van der Waals surface area contributed by atoms with E-state index in [1.165, 1.54) is 0 Å². The fraction of sp³-hybridized carbons (Fsp3) is 0.412. The van der Waals surface area contributed by atoms with Crippen LogP contribution in [-0.2, 0) is 12.1 Å². The van der Waals surface area contributed by atoms with Crippen molar-refractivity contribution in [2.45, 2.75) is 32.9 Å². The average molecular weight is 316 g/mol. The van der Waals surface area contributed by atoms with Crippen LogP contribution in [0.4, 0.5) is 0 Å². The van der Waals surface area contributed by atoms with Gasteiger partial charge >= 0.3 is 0 Å². The van der Waals surface area contributed by atoms with Gasteiger partial charge in [0.05, 0.1) is 18.8 Å². The van der Waals surface area contributed by atoms with E-state index in [-0.39, 0.29) is 6.54 Å². The summed E-state index contributed by atoms with van der Waals surface area (Å²) < 4.78 is 5.51. The van der Waals surface area contributed by atoms with Gasteiger partial charge in [0.15, 0.2) is 5.96 Å². The highest BCUT2D eigenvalue weighted by molar-refractivity contribution is 5.79. The van der Waals surface area contributed by atoms with E-state index in [1.54, 1.807) is 19.2 Å². The molecule has 0 fully saturated rings. The van der Waals surface area contributed by atoms with Crippen LogP contribution in [0, 0.1) is 6.92 Å². The van der Waals surface area contributed by atoms with Gasteiger partial charge in [0.25, 0.3) is 0 Å². The third-order valence-electron chi connectivity index (χ3n) is 3.34. The molecule has 124 valence electrons. The van der Waals surface area contributed by atoms with Crippen molar-refractivity contribution in [1.29, 1.82) is 0 Å². The number of furan rings is 1. The smallest absolute Gasteiger partial charge is 0.191 e. The van der Waals surface area contributed by atoms with Crippen LogP contribution >= 0.6 is 0 Å². The number of nitrogens with one attached hydrogen (secondary N) is 2. The third kappa shape index (κ3) is 5.10. The minimum absolute atomic E-state index is 0.286. The molecule has 23 heavy (non-hydrogen) atoms. The number of aliphatic imine (C=N–C) groups is 1. The summed E-state index contributed by atoms with van der Waals surface area (Å²) in [5.41, 5.74) is -0.228. The SMILES string of the molecule is CCNC(=NCc1ccccn1)NCC(C)(O)c1ccc(C)o1. The van der Waals surface area contributed by atoms with Crippen molar-refractivity contribution in [3.8, 4) is 0 Å². The van der Waals surface area contributed by atoms with Gasteiger partial charge in [0.2, 0.25) is 0 Å². The van der Waals surface area contributed by atoms with Crippen molar-refractivity contribution >= 4 is 5.96 Å². The van der Waals surface area contributed by atoms with Crippen molar-refractivity contribution < 1.29 is 9.52 Å². The molecular formula is C17H24N4O2. The Bertz CT molecular complexity index is 635. The molecule has 3 N–H and O–H groups in total. The molecule has 0 aliphatic heterocycles. The van der Waals surface area contributed by atoms with Crippen LogP contribution in [0.25, 0.3) is 0 Å². The first kappa shape index (κ1) is 17.0. The second kappa shape index (κ2) is 7.78. The number of nitrogens with zero attached hydrogens (tertiary/aromatic N) is 2. The first-order chi connectivity index (χ1) is 11.0. The van der Waals surface area contributed by atoms with E-state index in [0.717, 1.165) is 18.0 Å². The van der Waals surface area contributed by atoms with Crippen LogP contribution < -0.4 is 10.6 Å². The molecule has 1 atom stereocenters. The van der Waals surface area contributed by atoms with Crippen molar-refractivity contribution in [2.24, 2.45) is 4.99 Å². The number of rotatable bonds is 6. The summed E-state index contributed by atoms with van der Waals surface area (Å²) in [6.45, 7) is 7.04. The highest BCUT2D eigenvalue weighted by Crippen LogP contribution is 2.21. The van der Waals surface area contributed by atoms with Crippen LogP contribution in [0.2, 0.25) is 0 Å². The summed E-state index contributed by atoms with van der Waals surface area (Å²) >= 11 is 0. The Morgan fingerprint density at radius 3 is 2.74 bits per heavy atom. The first-order valence-corrected chi connectivity index (χ1v) is 7.72. The van der Waals surface area contributed by atoms with E-state index in [9.17, 15) is 5.11 Å². The fourth-order valence-corrected chi connectivity index (χ4v) is 2.06. The van der Waals surface area contributed by atoms with E-state index < -0.39 is 5.60 Å². The summed E-state index contributed by atoms with van der Waals surface area (Å²) in [6.07, 6.45) is 1.75. The van der Waals surface area contributed by atoms with Gasteiger partial charge in [-0.3, -0.25) is 4.98 Å². The second-order valence-corrected chi connectivity index (χ2v) is 5.55. The zero-order valence-electron chi connectivity index (χ0n) is 13.8. The minimum atomic E-state index is -1.12. The van der Waals surface area contributed by atoms with Crippen LogP contribution in [0.3, 0.4) is 0 Å². The normalized spacial score (nSPS) is 14.3. The number of hydrogen-bond donors (Lipinski definition) is 3. The molecular weight excluding hydrogens is 292 g/mol. The number of hydrogen-bond acceptors (Lipinski definition) is 4. The fourth-order valence-electron chi connectivity index (χ4n) is 2.06. The lowest BCUT2D eigenvalue weighted by Crippen LogP contribution is -2.44. The molecule has 0 saturated carbocycles. The quantitative estimate of drug-likeness (QED) is 0.560. The molecule has 0 saturated heterocycles. The molecule has 6 heteroatoms. The predicted octanol–water partition coefficient (Wildman–Crippen LogP) is 1.95. The Morgan fingerprint density at radius 1 is 1.30 bits per heavy atom. The summed E-state index contributed by atoms with van der Waals surface area (Å²) in [6, 6.07) is 9.36. The molecule has 2 rings (SSSR count). The maximum Gasteiger partial charge on any atom is 0.191 e. The van der Waals surface area contributed by atoms with Crippen LogP contribution in [-0.4, -0.2) is 29.1 Å². The highest BCUT2D eigenvalue weighted by atomic mass is 16.4. The van der Waals surface area contributed by atoms with Gasteiger partial charge in [-0.05, 0) is 45.0 Å². The van der Waals surface area contributed by atoms with Gasteiger partial charge in [-0.25, -0.2) is 4.99 Å². The molecule has 0 bridgehead atoms. The molecule has 6 nitrogen and oxygen atoms in total. The monoisotopic (exact) mass is 316 g/mol. The lowest BCUT2D eigenvalue weighted by molar-refractivity contribution is 0.0378. The number of guanidine groups is 1. The first-order valence-electron chi connectivity index (χ1n) is 7.72. The summed E-state index contributed by atoms with van der Waals surface area (Å²) in [5, 5.41) is 16.8. The van der Waals surface area contributed by atoms with Gasteiger partial charge in [0.1, 0.15) is 17.1 Å². The molecule has 0 aliphatic carbocycles. The molecule has 2 heterocycles. The highest BCUT2D eigenvalue weighted by Gasteiger charge is 2.27. The van der Waals surface area contributed by atoms with Gasteiger partial charge < -0.3 is 20.2 Å². The van der Waals surface area contributed by atoms with Crippen molar-refractivity contribution in [2.75, 3.05) is 13.1 Å². The second-order valence-electron chi connectivity index (χ2n) is 5.55. The molecule has 0 radical (unpaired) electrons. The zero-order chi connectivity index (χ0) is 16.7. The summed E-state index contributed by atoms with van der Waals surface area (Å²) in [5.74, 6) is 1.93. The summed E-state index contributed by atoms with van der Waals surface area (Å²) in [4.78, 5) is 8.72. The number of aromatic nitrogens is 1. The number of aryl methyl sites for hydroxylation is 1. The maximum atomic E-state index is 10.6. The van der Waals surface area contributed by atoms with E-state index in [2.05, 4.69) is 20.6 Å². The lowest BCUT2D eigenvalue weighted by atomic mass is 10.0. The molecule has 2 aromatic heterocycles. The van der Waals surface area contributed by atoms with Gasteiger partial charge in [0, 0.05) is 12.7 Å². The zero-order valence-corrected chi connectivity index (χ0v) is 13.8. The average Bonchev–Trinajstić information content (AvgIpc) is 2.98. The Kier molecular flexibility index (Phi) is 5.76. The van der Waals surface area contributed by atoms with Crippen molar-refractivity contribution in [3.63, 3.8) is 0 Å². The van der Waals surface area contributed by atoms with Crippen molar-refractivity contribution in [1.82, 2.24) is 15.6 Å². The Balaban J connectivity index is 1.98. The van der Waals surface area contributed by atoms with E-state index >= 15 is 0 Å². The molecule has 2 aromatic rings. The van der Waals surface area contributed by atoms with E-state index in [0.29, 0.717) is 18.3 Å². The molecule has 1 unspecified atom stereocenters. The number of aliphatic hydroxyl groups is 1. The standard InChI is InChI=1S/C17H24N4O2/c1-4-18-16(20-11-14-7-5-6-10-19-14)21-12-17(3,22)15-9-8-13(2)23-15/h5-10,22H,4,11-12H2,1-3H3,(H2,18,20,21). The molecule has 0 spiro atoms.